The van der Waals surface area contributed by atoms with Gasteiger partial charge in [-0.25, -0.2) is 14.3 Å². The lowest BCUT2D eigenvalue weighted by Crippen LogP contribution is -2.19. The molecule has 0 aliphatic rings. The molecule has 0 saturated heterocycles. The zero-order chi connectivity index (χ0) is 14.1. The van der Waals surface area contributed by atoms with Gasteiger partial charge in [-0.1, -0.05) is 23.7 Å². The largest absolute Gasteiger partial charge is 0.351 e. The number of nitrogens with zero attached hydrogens (tertiary/aromatic N) is 3. The third-order valence-electron chi connectivity index (χ3n) is 2.75. The minimum absolute atomic E-state index is 0.527. The lowest BCUT2D eigenvalue weighted by molar-refractivity contribution is 0.259. The van der Waals surface area contributed by atoms with E-state index in [1.165, 1.54) is 0 Å². The number of aromatic nitrogens is 3. The molecule has 0 spiro atoms. The van der Waals surface area contributed by atoms with Gasteiger partial charge in [-0.2, -0.15) is 5.10 Å². The van der Waals surface area contributed by atoms with Crippen LogP contribution >= 0.6 is 11.6 Å². The van der Waals surface area contributed by atoms with E-state index in [1.54, 1.807) is 35.1 Å². The molecule has 6 nitrogen and oxygen atoms in total. The number of carbonyl (C=O) groups excluding carboxylic acids is 1. The molecule has 0 radical (unpaired) electrons. The van der Waals surface area contributed by atoms with Gasteiger partial charge < -0.3 is 11.1 Å². The van der Waals surface area contributed by atoms with Crippen LogP contribution in [-0.4, -0.2) is 20.6 Å². The van der Waals surface area contributed by atoms with Crippen molar-refractivity contribution < 1.29 is 4.79 Å². The Morgan fingerprint density at radius 2 is 2.15 bits per heavy atom. The maximum Gasteiger partial charge on any atom is 0.316 e. The second-order valence-electron chi connectivity index (χ2n) is 4.16. The summed E-state index contributed by atoms with van der Waals surface area (Å²) in [5.41, 5.74) is 8.03. The highest BCUT2D eigenvalue weighted by Gasteiger charge is 2.08. The predicted molar refractivity (Wildman–Crippen MR) is 76.6 cm³/mol. The molecule has 20 heavy (non-hydrogen) atoms. The van der Waals surface area contributed by atoms with Crippen LogP contribution in [0.3, 0.4) is 0 Å². The number of halogens is 1. The molecule has 7 heteroatoms. The number of fused-ring (bicyclic) bond motifs is 1. The van der Waals surface area contributed by atoms with Gasteiger partial charge >= 0.3 is 6.03 Å². The van der Waals surface area contributed by atoms with Crippen LogP contribution in [0.5, 0.6) is 0 Å². The summed E-state index contributed by atoms with van der Waals surface area (Å²) < 4.78 is 1.68. The van der Waals surface area contributed by atoms with Gasteiger partial charge in [0.05, 0.1) is 23.1 Å². The van der Waals surface area contributed by atoms with Crippen LogP contribution in [0.4, 0.5) is 10.5 Å². The van der Waals surface area contributed by atoms with Crippen molar-refractivity contribution in [1.29, 1.82) is 0 Å². The van der Waals surface area contributed by atoms with Crippen LogP contribution in [0, 0.1) is 0 Å². The number of benzene rings is 1. The van der Waals surface area contributed by atoms with Crippen molar-refractivity contribution in [2.24, 2.45) is 5.73 Å². The van der Waals surface area contributed by atoms with Crippen molar-refractivity contribution in [2.75, 3.05) is 5.32 Å². The fraction of sp³-hybridized carbons (Fsp3) is 0. The Morgan fingerprint density at radius 1 is 1.30 bits per heavy atom. The van der Waals surface area contributed by atoms with Gasteiger partial charge in [0.25, 0.3) is 0 Å². The molecular formula is C13H10ClN5O. The Morgan fingerprint density at radius 3 is 2.95 bits per heavy atom. The monoisotopic (exact) mass is 287 g/mol. The first kappa shape index (κ1) is 12.4. The van der Waals surface area contributed by atoms with Gasteiger partial charge in [0.2, 0.25) is 0 Å². The third-order valence-corrected chi connectivity index (χ3v) is 2.96. The average molecular weight is 288 g/mol. The molecule has 2 amide bonds. The van der Waals surface area contributed by atoms with Crippen LogP contribution in [-0.2, 0) is 0 Å². The van der Waals surface area contributed by atoms with Crippen LogP contribution < -0.4 is 11.1 Å². The first-order valence-corrected chi connectivity index (χ1v) is 6.17. The molecule has 0 unspecified atom stereocenters. The predicted octanol–water partition coefficient (Wildman–Crippen LogP) is 2.54. The van der Waals surface area contributed by atoms with E-state index < -0.39 is 6.03 Å². The van der Waals surface area contributed by atoms with Gasteiger partial charge in [0.15, 0.2) is 5.65 Å². The fourth-order valence-corrected chi connectivity index (χ4v) is 2.09. The lowest BCUT2D eigenvalue weighted by atomic mass is 10.1. The minimum atomic E-state index is -0.606. The summed E-state index contributed by atoms with van der Waals surface area (Å²) in [6, 6.07) is 8.38. The minimum Gasteiger partial charge on any atom is -0.351 e. The normalized spacial score (nSPS) is 10.7. The number of rotatable bonds is 2. The zero-order valence-electron chi connectivity index (χ0n) is 10.2. The fourth-order valence-electron chi connectivity index (χ4n) is 1.95. The van der Waals surface area contributed by atoms with Crippen molar-refractivity contribution >= 4 is 29.0 Å². The van der Waals surface area contributed by atoms with Crippen LogP contribution in [0.1, 0.15) is 0 Å². The Kier molecular flexibility index (Phi) is 3.00. The van der Waals surface area contributed by atoms with Gasteiger partial charge in [0, 0.05) is 17.3 Å². The van der Waals surface area contributed by atoms with E-state index in [1.807, 2.05) is 12.1 Å². The van der Waals surface area contributed by atoms with Gasteiger partial charge in [-0.15, -0.1) is 0 Å². The summed E-state index contributed by atoms with van der Waals surface area (Å²) in [5.74, 6) is 0. The second kappa shape index (κ2) is 4.82. The maximum atomic E-state index is 10.9. The summed E-state index contributed by atoms with van der Waals surface area (Å²) in [6.07, 6.45) is 3.24. The number of carbonyl (C=O) groups is 1. The smallest absolute Gasteiger partial charge is 0.316 e. The summed E-state index contributed by atoms with van der Waals surface area (Å²) in [6.45, 7) is 0. The molecular weight excluding hydrogens is 278 g/mol. The van der Waals surface area contributed by atoms with E-state index in [-0.39, 0.29) is 0 Å². The van der Waals surface area contributed by atoms with E-state index in [9.17, 15) is 4.79 Å². The second-order valence-corrected chi connectivity index (χ2v) is 4.59. The highest BCUT2D eigenvalue weighted by molar-refractivity contribution is 6.30. The van der Waals surface area contributed by atoms with E-state index in [0.29, 0.717) is 16.4 Å². The molecule has 100 valence electrons. The average Bonchev–Trinajstić information content (AvgIpc) is 2.81. The van der Waals surface area contributed by atoms with Crippen molar-refractivity contribution in [3.8, 4) is 11.3 Å². The van der Waals surface area contributed by atoms with Crippen molar-refractivity contribution in [2.45, 2.75) is 0 Å². The highest BCUT2D eigenvalue weighted by Crippen LogP contribution is 2.23. The maximum absolute atomic E-state index is 10.9. The van der Waals surface area contributed by atoms with Crippen molar-refractivity contribution in [1.82, 2.24) is 14.6 Å². The molecule has 1 aromatic carbocycles. The zero-order valence-corrected chi connectivity index (χ0v) is 11.0. The molecule has 2 heterocycles. The quantitative estimate of drug-likeness (QED) is 0.759. The van der Waals surface area contributed by atoms with Crippen molar-refractivity contribution in [3.05, 3.63) is 47.7 Å². The molecule has 0 atom stereocenters. The molecule has 0 saturated carbocycles. The molecule has 3 N–H and O–H groups in total. The summed E-state index contributed by atoms with van der Waals surface area (Å²) in [7, 11) is 0. The van der Waals surface area contributed by atoms with Crippen LogP contribution in [0.25, 0.3) is 16.9 Å². The number of hydrogen-bond donors (Lipinski definition) is 2. The number of imidazole rings is 1. The van der Waals surface area contributed by atoms with Gasteiger partial charge in [-0.05, 0) is 12.1 Å². The summed E-state index contributed by atoms with van der Waals surface area (Å²) >= 11 is 5.88. The Hall–Kier alpha value is -2.60. The number of anilines is 1. The van der Waals surface area contributed by atoms with Gasteiger partial charge in [0.1, 0.15) is 0 Å². The third kappa shape index (κ3) is 2.28. The first-order valence-electron chi connectivity index (χ1n) is 5.80. The van der Waals surface area contributed by atoms with E-state index in [4.69, 9.17) is 17.3 Å². The molecule has 0 bridgehead atoms. The van der Waals surface area contributed by atoms with E-state index in [2.05, 4.69) is 15.4 Å². The molecule has 3 rings (SSSR count). The van der Waals surface area contributed by atoms with E-state index >= 15 is 0 Å². The summed E-state index contributed by atoms with van der Waals surface area (Å²) in [4.78, 5) is 15.1. The topological polar surface area (TPSA) is 85.3 Å². The van der Waals surface area contributed by atoms with Gasteiger partial charge in [-0.3, -0.25) is 0 Å². The number of nitrogens with one attached hydrogen (secondary N) is 1. The van der Waals surface area contributed by atoms with Crippen LogP contribution in [0.15, 0.2) is 42.7 Å². The molecule has 0 aliphatic carbocycles. The summed E-state index contributed by atoms with van der Waals surface area (Å²) in [5, 5.41) is 7.28. The molecule has 0 aliphatic heterocycles. The van der Waals surface area contributed by atoms with Crippen molar-refractivity contribution in [3.63, 3.8) is 0 Å². The number of hydrogen-bond acceptors (Lipinski definition) is 3. The number of nitrogens with two attached hydrogens (primary N) is 1. The van der Waals surface area contributed by atoms with Crippen LogP contribution in [0.2, 0.25) is 5.02 Å². The lowest BCUT2D eigenvalue weighted by Gasteiger charge is -2.05. The first-order chi connectivity index (χ1) is 9.63. The molecule has 0 fully saturated rings. The number of primary amides is 1. The van der Waals surface area contributed by atoms with E-state index in [0.717, 1.165) is 11.3 Å². The molecule has 3 aromatic rings. The Labute approximate surface area is 119 Å². The molecule has 2 aromatic heterocycles. The Bertz CT molecular complexity index is 798. The standard InChI is InChI=1S/C13H10ClN5O/c14-9-5-12-16-7-11(19(12)17-6-9)8-2-1-3-10(4-8)18-13(15)20/h1-7H,(H3,15,18,20). The Balaban J connectivity index is 2.09. The SMILES string of the molecule is NC(=O)Nc1cccc(-c2cnc3cc(Cl)cnn23)c1. The highest BCUT2D eigenvalue weighted by atomic mass is 35.5. The number of urea groups is 1. The number of amides is 2.